The number of rotatable bonds is 2. The molecule has 0 aromatic heterocycles. The van der Waals surface area contributed by atoms with Crippen molar-refractivity contribution in [2.75, 3.05) is 19.8 Å². The SMILES string of the molecule is CC(C)(C)OCN1C2CCC1CNC2. The highest BCUT2D eigenvalue weighted by molar-refractivity contribution is 4.93. The van der Waals surface area contributed by atoms with Crippen LogP contribution >= 0.6 is 0 Å². The second-order valence-electron chi connectivity index (χ2n) is 5.44. The minimum atomic E-state index is -0.00961. The minimum absolute atomic E-state index is 0.00961. The van der Waals surface area contributed by atoms with Gasteiger partial charge in [0.15, 0.2) is 0 Å². The van der Waals surface area contributed by atoms with E-state index in [-0.39, 0.29) is 5.60 Å². The van der Waals surface area contributed by atoms with Gasteiger partial charge >= 0.3 is 0 Å². The van der Waals surface area contributed by atoms with Crippen LogP contribution in [0.5, 0.6) is 0 Å². The molecule has 2 saturated heterocycles. The zero-order valence-corrected chi connectivity index (χ0v) is 9.55. The van der Waals surface area contributed by atoms with Gasteiger partial charge in [0.2, 0.25) is 0 Å². The van der Waals surface area contributed by atoms with Gasteiger partial charge in [-0.05, 0) is 33.6 Å². The molecule has 2 rings (SSSR count). The van der Waals surface area contributed by atoms with Crippen molar-refractivity contribution in [3.05, 3.63) is 0 Å². The highest BCUT2D eigenvalue weighted by Gasteiger charge is 2.36. The van der Waals surface area contributed by atoms with Gasteiger partial charge in [0.25, 0.3) is 0 Å². The Bertz CT molecular complexity index is 184. The Morgan fingerprint density at radius 1 is 1.21 bits per heavy atom. The van der Waals surface area contributed by atoms with Crippen molar-refractivity contribution in [1.29, 1.82) is 0 Å². The summed E-state index contributed by atoms with van der Waals surface area (Å²) >= 11 is 0. The van der Waals surface area contributed by atoms with Gasteiger partial charge in [0.1, 0.15) is 6.73 Å². The van der Waals surface area contributed by atoms with Crippen molar-refractivity contribution in [3.63, 3.8) is 0 Å². The van der Waals surface area contributed by atoms with Crippen LogP contribution in [0, 0.1) is 0 Å². The lowest BCUT2D eigenvalue weighted by Crippen LogP contribution is -2.53. The van der Waals surface area contributed by atoms with Gasteiger partial charge in [-0.1, -0.05) is 0 Å². The molecule has 0 amide bonds. The van der Waals surface area contributed by atoms with Gasteiger partial charge in [0, 0.05) is 25.2 Å². The predicted octanol–water partition coefficient (Wildman–Crippen LogP) is 1.20. The molecule has 2 atom stereocenters. The largest absolute Gasteiger partial charge is 0.360 e. The number of ether oxygens (including phenoxy) is 1. The summed E-state index contributed by atoms with van der Waals surface area (Å²) in [6, 6.07) is 1.44. The van der Waals surface area contributed by atoms with Crippen molar-refractivity contribution in [3.8, 4) is 0 Å². The summed E-state index contributed by atoms with van der Waals surface area (Å²) in [5.41, 5.74) is -0.00961. The summed E-state index contributed by atoms with van der Waals surface area (Å²) in [4.78, 5) is 2.53. The fourth-order valence-electron chi connectivity index (χ4n) is 2.35. The van der Waals surface area contributed by atoms with E-state index in [2.05, 4.69) is 31.0 Å². The van der Waals surface area contributed by atoms with Crippen LogP contribution < -0.4 is 5.32 Å². The molecule has 1 N–H and O–H groups in total. The van der Waals surface area contributed by atoms with Crippen LogP contribution in [0.25, 0.3) is 0 Å². The number of hydrogen-bond acceptors (Lipinski definition) is 3. The summed E-state index contributed by atoms with van der Waals surface area (Å²) in [5.74, 6) is 0. The van der Waals surface area contributed by atoms with E-state index >= 15 is 0 Å². The van der Waals surface area contributed by atoms with Crippen LogP contribution in [0.15, 0.2) is 0 Å². The van der Waals surface area contributed by atoms with E-state index in [1.165, 1.54) is 12.8 Å². The quantitative estimate of drug-likeness (QED) is 0.721. The predicted molar refractivity (Wildman–Crippen MR) is 57.2 cm³/mol. The van der Waals surface area contributed by atoms with E-state index in [4.69, 9.17) is 4.74 Å². The molecule has 0 saturated carbocycles. The highest BCUT2D eigenvalue weighted by atomic mass is 16.5. The highest BCUT2D eigenvalue weighted by Crippen LogP contribution is 2.26. The maximum atomic E-state index is 5.85. The van der Waals surface area contributed by atoms with Crippen LogP contribution in [0.4, 0.5) is 0 Å². The van der Waals surface area contributed by atoms with Gasteiger partial charge in [-0.3, -0.25) is 4.90 Å². The van der Waals surface area contributed by atoms with Gasteiger partial charge in [-0.2, -0.15) is 0 Å². The minimum Gasteiger partial charge on any atom is -0.360 e. The van der Waals surface area contributed by atoms with Crippen molar-refractivity contribution in [1.82, 2.24) is 10.2 Å². The molecule has 2 bridgehead atoms. The average molecular weight is 198 g/mol. The summed E-state index contributed by atoms with van der Waals surface area (Å²) in [7, 11) is 0. The molecule has 14 heavy (non-hydrogen) atoms. The number of hydrogen-bond donors (Lipinski definition) is 1. The second-order valence-corrected chi connectivity index (χ2v) is 5.44. The van der Waals surface area contributed by atoms with Crippen LogP contribution in [0.3, 0.4) is 0 Å². The molecule has 2 unspecified atom stereocenters. The van der Waals surface area contributed by atoms with Gasteiger partial charge in [0.05, 0.1) is 5.60 Å². The zero-order valence-electron chi connectivity index (χ0n) is 9.55. The summed E-state index contributed by atoms with van der Waals surface area (Å²) in [6.07, 6.45) is 2.68. The fraction of sp³-hybridized carbons (Fsp3) is 1.00. The van der Waals surface area contributed by atoms with Crippen molar-refractivity contribution < 1.29 is 4.74 Å². The Hall–Kier alpha value is -0.120. The third-order valence-corrected chi connectivity index (χ3v) is 3.18. The lowest BCUT2D eigenvalue weighted by molar-refractivity contribution is -0.0831. The molecular formula is C11H22N2O. The van der Waals surface area contributed by atoms with Crippen LogP contribution in [-0.4, -0.2) is 42.4 Å². The molecular weight excluding hydrogens is 176 g/mol. The first-order valence-corrected chi connectivity index (χ1v) is 5.67. The topological polar surface area (TPSA) is 24.5 Å². The van der Waals surface area contributed by atoms with Gasteiger partial charge in [-0.15, -0.1) is 0 Å². The van der Waals surface area contributed by atoms with E-state index in [0.29, 0.717) is 0 Å². The molecule has 0 radical (unpaired) electrons. The van der Waals surface area contributed by atoms with E-state index in [9.17, 15) is 0 Å². The molecule has 3 heteroatoms. The maximum absolute atomic E-state index is 5.85. The molecule has 0 aliphatic carbocycles. The molecule has 0 aromatic carbocycles. The first-order valence-electron chi connectivity index (χ1n) is 5.67. The number of fused-ring (bicyclic) bond motifs is 2. The Balaban J connectivity index is 1.86. The average Bonchev–Trinajstić information content (AvgIpc) is 2.32. The Labute approximate surface area is 86.8 Å². The first kappa shape index (κ1) is 10.4. The molecule has 2 heterocycles. The van der Waals surface area contributed by atoms with E-state index in [0.717, 1.165) is 31.9 Å². The Kier molecular flexibility index (Phi) is 2.82. The van der Waals surface area contributed by atoms with Gasteiger partial charge < -0.3 is 10.1 Å². The van der Waals surface area contributed by atoms with Gasteiger partial charge in [-0.25, -0.2) is 0 Å². The standard InChI is InChI=1S/C11H22N2O/c1-11(2,3)14-8-13-9-4-5-10(13)7-12-6-9/h9-10,12H,4-8H2,1-3H3. The van der Waals surface area contributed by atoms with Crippen LogP contribution in [0.2, 0.25) is 0 Å². The molecule has 3 nitrogen and oxygen atoms in total. The third-order valence-electron chi connectivity index (χ3n) is 3.18. The van der Waals surface area contributed by atoms with Crippen molar-refractivity contribution in [2.24, 2.45) is 0 Å². The molecule has 2 fully saturated rings. The fourth-order valence-corrected chi connectivity index (χ4v) is 2.35. The van der Waals surface area contributed by atoms with Crippen LogP contribution in [0.1, 0.15) is 33.6 Å². The lowest BCUT2D eigenvalue weighted by atomic mass is 10.2. The zero-order chi connectivity index (χ0) is 10.2. The Morgan fingerprint density at radius 3 is 2.29 bits per heavy atom. The molecule has 82 valence electrons. The smallest absolute Gasteiger partial charge is 0.100 e. The van der Waals surface area contributed by atoms with Crippen molar-refractivity contribution in [2.45, 2.75) is 51.3 Å². The number of piperazine rings is 1. The maximum Gasteiger partial charge on any atom is 0.100 e. The summed E-state index contributed by atoms with van der Waals surface area (Å²) in [6.45, 7) is 9.46. The monoisotopic (exact) mass is 198 g/mol. The lowest BCUT2D eigenvalue weighted by Gasteiger charge is -2.36. The van der Waals surface area contributed by atoms with E-state index < -0.39 is 0 Å². The van der Waals surface area contributed by atoms with E-state index in [1.54, 1.807) is 0 Å². The molecule has 0 spiro atoms. The summed E-state index contributed by atoms with van der Waals surface area (Å²) in [5, 5.41) is 3.48. The van der Waals surface area contributed by atoms with Crippen molar-refractivity contribution >= 4 is 0 Å². The molecule has 2 aliphatic heterocycles. The molecule has 2 aliphatic rings. The first-order chi connectivity index (χ1) is 6.56. The Morgan fingerprint density at radius 2 is 1.79 bits per heavy atom. The second kappa shape index (κ2) is 3.80. The third kappa shape index (κ3) is 2.27. The molecule has 0 aromatic rings. The number of nitrogens with zero attached hydrogens (tertiary/aromatic N) is 1. The normalized spacial score (nSPS) is 33.6. The summed E-state index contributed by atoms with van der Waals surface area (Å²) < 4.78 is 5.85. The van der Waals surface area contributed by atoms with E-state index in [1.807, 2.05) is 0 Å². The number of nitrogens with one attached hydrogen (secondary N) is 1. The van der Waals surface area contributed by atoms with Crippen LogP contribution in [-0.2, 0) is 4.74 Å².